The summed E-state index contributed by atoms with van der Waals surface area (Å²) >= 11 is 0. The summed E-state index contributed by atoms with van der Waals surface area (Å²) in [7, 11) is -1.12. The predicted molar refractivity (Wildman–Crippen MR) is 97.3 cm³/mol. The molecule has 1 fully saturated rings. The highest BCUT2D eigenvalue weighted by molar-refractivity contribution is 6.76. The second-order valence-corrected chi connectivity index (χ2v) is 13.1. The highest BCUT2D eigenvalue weighted by Crippen LogP contribution is 2.31. The van der Waals surface area contributed by atoms with Crippen molar-refractivity contribution in [2.45, 2.75) is 38.8 Å². The van der Waals surface area contributed by atoms with Gasteiger partial charge in [-0.1, -0.05) is 19.6 Å². The van der Waals surface area contributed by atoms with Gasteiger partial charge in [0.15, 0.2) is 5.82 Å². The van der Waals surface area contributed by atoms with Crippen LogP contribution in [0.3, 0.4) is 0 Å². The molecule has 8 heteroatoms. The lowest BCUT2D eigenvalue weighted by Gasteiger charge is -2.31. The van der Waals surface area contributed by atoms with E-state index in [1.165, 1.54) is 6.07 Å². The van der Waals surface area contributed by atoms with Crippen LogP contribution in [-0.2, 0) is 11.5 Å². The summed E-state index contributed by atoms with van der Waals surface area (Å²) in [6.07, 6.45) is 1.13. The van der Waals surface area contributed by atoms with Crippen molar-refractivity contribution in [2.75, 3.05) is 24.6 Å². The average molecular weight is 348 g/mol. The van der Waals surface area contributed by atoms with Crippen molar-refractivity contribution in [3.8, 4) is 0 Å². The smallest absolute Gasteiger partial charge is 0.270 e. The molecule has 2 heterocycles. The SMILES string of the molecule is C[Si](C)(C)CCOCn1nc(N2CCC2)c2cc([N+](=O)[O-])ccc21. The highest BCUT2D eigenvalue weighted by atomic mass is 28.3. The quantitative estimate of drug-likeness (QED) is 0.331. The number of non-ortho nitro benzene ring substituents is 1. The molecule has 2 aromatic rings. The number of fused-ring (bicyclic) bond motifs is 1. The molecule has 0 bridgehead atoms. The molecule has 0 atom stereocenters. The predicted octanol–water partition coefficient (Wildman–Crippen LogP) is 3.47. The van der Waals surface area contributed by atoms with Gasteiger partial charge >= 0.3 is 0 Å². The molecule has 0 spiro atoms. The summed E-state index contributed by atoms with van der Waals surface area (Å²) in [4.78, 5) is 12.9. The molecule has 7 nitrogen and oxygen atoms in total. The van der Waals surface area contributed by atoms with Crippen molar-refractivity contribution in [1.29, 1.82) is 0 Å². The van der Waals surface area contributed by atoms with Gasteiger partial charge < -0.3 is 9.64 Å². The number of ether oxygens (including phenoxy) is 1. The standard InChI is InChI=1S/C16H24N4O3Si/c1-24(2,3)10-9-23-12-19-15-6-5-13(20(21)22)11-14(15)16(17-19)18-7-4-8-18/h5-6,11H,4,7-10,12H2,1-3H3. The molecule has 1 aromatic carbocycles. The zero-order valence-electron chi connectivity index (χ0n) is 14.5. The zero-order valence-corrected chi connectivity index (χ0v) is 15.5. The van der Waals surface area contributed by atoms with Crippen LogP contribution in [0.1, 0.15) is 6.42 Å². The summed E-state index contributed by atoms with van der Waals surface area (Å²) < 4.78 is 7.63. The fourth-order valence-corrected chi connectivity index (χ4v) is 3.41. The molecule has 1 aromatic heterocycles. The van der Waals surface area contributed by atoms with E-state index in [1.807, 2.05) is 4.68 Å². The van der Waals surface area contributed by atoms with Crippen LogP contribution in [0.4, 0.5) is 11.5 Å². The Kier molecular flexibility index (Phi) is 4.59. The van der Waals surface area contributed by atoms with E-state index < -0.39 is 8.07 Å². The Hall–Kier alpha value is -1.93. The lowest BCUT2D eigenvalue weighted by atomic mass is 10.1. The summed E-state index contributed by atoms with van der Waals surface area (Å²) in [6, 6.07) is 6.03. The molecule has 0 radical (unpaired) electrons. The molecular formula is C16H24N4O3Si. The maximum atomic E-state index is 11.1. The van der Waals surface area contributed by atoms with Gasteiger partial charge in [0.1, 0.15) is 6.73 Å². The van der Waals surface area contributed by atoms with E-state index in [1.54, 1.807) is 12.1 Å². The molecule has 0 N–H and O–H groups in total. The number of rotatable bonds is 7. The minimum atomic E-state index is -1.12. The molecule has 0 amide bonds. The lowest BCUT2D eigenvalue weighted by molar-refractivity contribution is -0.384. The van der Waals surface area contributed by atoms with Crippen LogP contribution in [0.5, 0.6) is 0 Å². The van der Waals surface area contributed by atoms with E-state index >= 15 is 0 Å². The monoisotopic (exact) mass is 348 g/mol. The van der Waals surface area contributed by atoms with Gasteiger partial charge in [-0.2, -0.15) is 5.10 Å². The Labute approximate surface area is 142 Å². The number of nitro benzene ring substituents is 1. The molecule has 1 aliphatic rings. The summed E-state index contributed by atoms with van der Waals surface area (Å²) in [5, 5.41) is 16.5. The van der Waals surface area contributed by atoms with Crippen LogP contribution in [0.15, 0.2) is 18.2 Å². The number of nitrogens with zero attached hydrogens (tertiary/aromatic N) is 4. The van der Waals surface area contributed by atoms with Gasteiger partial charge in [0.2, 0.25) is 0 Å². The minimum absolute atomic E-state index is 0.100. The third kappa shape index (κ3) is 3.59. The molecule has 1 aliphatic heterocycles. The molecule has 24 heavy (non-hydrogen) atoms. The van der Waals surface area contributed by atoms with Crippen LogP contribution in [0.25, 0.3) is 10.9 Å². The van der Waals surface area contributed by atoms with Crippen molar-refractivity contribution < 1.29 is 9.66 Å². The maximum Gasteiger partial charge on any atom is 0.270 e. The number of hydrogen-bond acceptors (Lipinski definition) is 5. The highest BCUT2D eigenvalue weighted by Gasteiger charge is 2.23. The fraction of sp³-hybridized carbons (Fsp3) is 0.562. The van der Waals surface area contributed by atoms with Gasteiger partial charge in [-0.25, -0.2) is 4.68 Å². The second kappa shape index (κ2) is 6.52. The second-order valence-electron chi connectivity index (χ2n) is 7.47. The van der Waals surface area contributed by atoms with Crippen LogP contribution < -0.4 is 4.90 Å². The first-order valence-corrected chi connectivity index (χ1v) is 12.0. The van der Waals surface area contributed by atoms with Crippen molar-refractivity contribution in [2.24, 2.45) is 0 Å². The minimum Gasteiger partial charge on any atom is -0.360 e. The third-order valence-electron chi connectivity index (χ3n) is 4.29. The third-order valence-corrected chi connectivity index (χ3v) is 6.00. The topological polar surface area (TPSA) is 73.4 Å². The number of benzene rings is 1. The Bertz CT molecular complexity index is 750. The first-order valence-electron chi connectivity index (χ1n) is 8.33. The van der Waals surface area contributed by atoms with Gasteiger partial charge in [0.05, 0.1) is 15.8 Å². The van der Waals surface area contributed by atoms with Gasteiger partial charge in [-0.3, -0.25) is 10.1 Å². The zero-order chi connectivity index (χ0) is 17.3. The Morgan fingerprint density at radius 2 is 2.08 bits per heavy atom. The Morgan fingerprint density at radius 3 is 2.67 bits per heavy atom. The molecule has 0 aliphatic carbocycles. The van der Waals surface area contributed by atoms with Crippen LogP contribution in [-0.4, -0.2) is 42.5 Å². The normalized spacial score (nSPS) is 14.9. The van der Waals surface area contributed by atoms with E-state index in [4.69, 9.17) is 4.74 Å². The average Bonchev–Trinajstić information content (AvgIpc) is 2.79. The number of anilines is 1. The molecular weight excluding hydrogens is 324 g/mol. The largest absolute Gasteiger partial charge is 0.360 e. The Balaban J connectivity index is 1.83. The number of aromatic nitrogens is 2. The Morgan fingerprint density at radius 1 is 1.33 bits per heavy atom. The number of nitro groups is 1. The van der Waals surface area contributed by atoms with E-state index in [9.17, 15) is 10.1 Å². The van der Waals surface area contributed by atoms with Gasteiger partial charge in [0, 0.05) is 39.9 Å². The van der Waals surface area contributed by atoms with Crippen LogP contribution in [0.2, 0.25) is 25.7 Å². The first kappa shape index (κ1) is 16.9. The number of hydrogen-bond donors (Lipinski definition) is 0. The van der Waals surface area contributed by atoms with Gasteiger partial charge in [0.25, 0.3) is 5.69 Å². The van der Waals surface area contributed by atoms with Crippen molar-refractivity contribution >= 4 is 30.5 Å². The van der Waals surface area contributed by atoms with Crippen molar-refractivity contribution in [1.82, 2.24) is 9.78 Å². The van der Waals surface area contributed by atoms with Gasteiger partial charge in [-0.05, 0) is 18.5 Å². The molecule has 3 rings (SSSR count). The molecule has 0 unspecified atom stereocenters. The van der Waals surface area contributed by atoms with Crippen LogP contribution in [0, 0.1) is 10.1 Å². The fourth-order valence-electron chi connectivity index (χ4n) is 2.65. The maximum absolute atomic E-state index is 11.1. The van der Waals surface area contributed by atoms with E-state index in [-0.39, 0.29) is 10.6 Å². The molecule has 0 saturated carbocycles. The van der Waals surface area contributed by atoms with Gasteiger partial charge in [-0.15, -0.1) is 0 Å². The lowest BCUT2D eigenvalue weighted by Crippen LogP contribution is -2.37. The first-order chi connectivity index (χ1) is 11.3. The molecule has 130 valence electrons. The summed E-state index contributed by atoms with van der Waals surface area (Å²) in [5.41, 5.74) is 0.985. The van der Waals surface area contributed by atoms with E-state index in [0.29, 0.717) is 6.73 Å². The van der Waals surface area contributed by atoms with Crippen LogP contribution >= 0.6 is 0 Å². The summed E-state index contributed by atoms with van der Waals surface area (Å²) in [5.74, 6) is 0.828. The van der Waals surface area contributed by atoms with Crippen molar-refractivity contribution in [3.63, 3.8) is 0 Å². The van der Waals surface area contributed by atoms with Crippen molar-refractivity contribution in [3.05, 3.63) is 28.3 Å². The molecule has 1 saturated heterocycles. The van der Waals surface area contributed by atoms with E-state index in [0.717, 1.165) is 48.9 Å². The van der Waals surface area contributed by atoms with E-state index in [2.05, 4.69) is 29.6 Å². The summed E-state index contributed by atoms with van der Waals surface area (Å²) in [6.45, 7) is 9.97.